The monoisotopic (exact) mass is 341 g/mol. The minimum atomic E-state index is -4.84. The Labute approximate surface area is 126 Å². The summed E-state index contributed by atoms with van der Waals surface area (Å²) in [5.74, 6) is 0. The molecule has 0 aliphatic carbocycles. The van der Waals surface area contributed by atoms with Crippen LogP contribution in [0.15, 0.2) is 11.1 Å². The average Bonchev–Trinajstić information content (AvgIpc) is 2.82. The van der Waals surface area contributed by atoms with Gasteiger partial charge in [0.15, 0.2) is 5.69 Å². The van der Waals surface area contributed by atoms with E-state index in [1.54, 1.807) is 6.92 Å². The van der Waals surface area contributed by atoms with Gasteiger partial charge in [0.25, 0.3) is 0 Å². The summed E-state index contributed by atoms with van der Waals surface area (Å²) in [6, 6.07) is 0. The van der Waals surface area contributed by atoms with Gasteiger partial charge >= 0.3 is 6.18 Å². The third kappa shape index (κ3) is 3.13. The first-order valence-electron chi connectivity index (χ1n) is 6.83. The highest BCUT2D eigenvalue weighted by atomic mass is 32.2. The lowest BCUT2D eigenvalue weighted by molar-refractivity contribution is -0.143. The zero-order valence-electron chi connectivity index (χ0n) is 12.3. The fourth-order valence-corrected chi connectivity index (χ4v) is 4.12. The van der Waals surface area contributed by atoms with Crippen LogP contribution in [0.3, 0.4) is 0 Å². The number of halogens is 3. The number of piperidine rings is 1. The molecule has 0 aromatic carbocycles. The van der Waals surface area contributed by atoms with Gasteiger partial charge in [0.1, 0.15) is 4.90 Å². The summed E-state index contributed by atoms with van der Waals surface area (Å²) in [5.41, 5.74) is -2.36. The molecule has 126 valence electrons. The van der Waals surface area contributed by atoms with Crippen LogP contribution in [-0.2, 0) is 23.2 Å². The third-order valence-electron chi connectivity index (χ3n) is 3.99. The van der Waals surface area contributed by atoms with Gasteiger partial charge in [-0.15, -0.1) is 0 Å². The van der Waals surface area contributed by atoms with Crippen molar-refractivity contribution in [3.8, 4) is 0 Å². The highest BCUT2D eigenvalue weighted by molar-refractivity contribution is 7.89. The molecule has 0 bridgehead atoms. The van der Waals surface area contributed by atoms with Crippen LogP contribution in [0.4, 0.5) is 13.2 Å². The number of aromatic nitrogens is 2. The Hall–Kier alpha value is -1.13. The lowest BCUT2D eigenvalue weighted by Crippen LogP contribution is -2.46. The summed E-state index contributed by atoms with van der Waals surface area (Å²) in [6.07, 6.45) is -3.11. The van der Waals surface area contributed by atoms with Crippen molar-refractivity contribution in [2.45, 2.75) is 42.9 Å². The quantitative estimate of drug-likeness (QED) is 0.901. The van der Waals surface area contributed by atoms with E-state index < -0.39 is 32.4 Å². The zero-order chi connectivity index (χ0) is 16.8. The van der Waals surface area contributed by atoms with Crippen molar-refractivity contribution in [2.24, 2.45) is 7.05 Å². The summed E-state index contributed by atoms with van der Waals surface area (Å²) >= 11 is 0. The van der Waals surface area contributed by atoms with Crippen molar-refractivity contribution in [3.63, 3.8) is 0 Å². The molecule has 0 amide bonds. The molecule has 1 fully saturated rings. The number of alkyl halides is 3. The maximum atomic E-state index is 12.9. The second-order valence-electron chi connectivity index (χ2n) is 5.50. The van der Waals surface area contributed by atoms with E-state index in [0.29, 0.717) is 6.42 Å². The van der Waals surface area contributed by atoms with Crippen molar-refractivity contribution >= 4 is 10.0 Å². The molecular weight excluding hydrogens is 323 g/mol. The number of rotatable bonds is 3. The highest BCUT2D eigenvalue weighted by Gasteiger charge is 2.44. The number of hydrogen-bond acceptors (Lipinski definition) is 4. The molecule has 2 rings (SSSR count). The normalized spacial score (nSPS) is 20.3. The first-order valence-corrected chi connectivity index (χ1v) is 8.27. The third-order valence-corrected chi connectivity index (χ3v) is 5.89. The standard InChI is InChI=1S/C12H18F3N3O3S/c1-3-11(19)4-6-18(7-5-11)22(20,21)9-8-17(2)16-10(9)12(13,14)15/h8,19H,3-7H2,1-2H3. The van der Waals surface area contributed by atoms with Crippen LogP contribution in [0, 0.1) is 0 Å². The van der Waals surface area contributed by atoms with Crippen LogP contribution in [0.2, 0.25) is 0 Å². The van der Waals surface area contributed by atoms with Gasteiger partial charge in [-0.3, -0.25) is 4.68 Å². The fourth-order valence-electron chi connectivity index (χ4n) is 2.49. The molecule has 1 aromatic rings. The van der Waals surface area contributed by atoms with Crippen LogP contribution in [0.5, 0.6) is 0 Å². The summed E-state index contributed by atoms with van der Waals surface area (Å²) < 4.78 is 65.5. The minimum Gasteiger partial charge on any atom is -0.390 e. The van der Waals surface area contributed by atoms with E-state index in [1.165, 1.54) is 7.05 Å². The first kappa shape index (κ1) is 17.2. The van der Waals surface area contributed by atoms with Crippen molar-refractivity contribution < 1.29 is 26.7 Å². The van der Waals surface area contributed by atoms with E-state index in [4.69, 9.17) is 0 Å². The Morgan fingerprint density at radius 2 is 1.91 bits per heavy atom. The molecule has 0 saturated carbocycles. The molecule has 2 heterocycles. The molecule has 0 atom stereocenters. The Bertz CT molecular complexity index is 646. The number of aryl methyl sites for hydroxylation is 1. The van der Waals surface area contributed by atoms with Crippen molar-refractivity contribution in [2.75, 3.05) is 13.1 Å². The number of hydrogen-bond donors (Lipinski definition) is 1. The van der Waals surface area contributed by atoms with Crippen LogP contribution in [0.25, 0.3) is 0 Å². The largest absolute Gasteiger partial charge is 0.436 e. The van der Waals surface area contributed by atoms with Crippen LogP contribution >= 0.6 is 0 Å². The van der Waals surface area contributed by atoms with E-state index in [1.807, 2.05) is 0 Å². The van der Waals surface area contributed by atoms with Gasteiger partial charge in [-0.2, -0.15) is 22.6 Å². The lowest BCUT2D eigenvalue weighted by Gasteiger charge is -2.36. The second-order valence-corrected chi connectivity index (χ2v) is 7.40. The van der Waals surface area contributed by atoms with Gasteiger partial charge < -0.3 is 5.11 Å². The minimum absolute atomic E-state index is 0.0150. The van der Waals surface area contributed by atoms with Gasteiger partial charge in [-0.25, -0.2) is 8.42 Å². The summed E-state index contributed by atoms with van der Waals surface area (Å²) in [4.78, 5) is -0.843. The SMILES string of the molecule is CCC1(O)CCN(S(=O)(=O)c2cn(C)nc2C(F)(F)F)CC1. The maximum Gasteiger partial charge on any atom is 0.436 e. The first-order chi connectivity index (χ1) is 9.99. The van der Waals surface area contributed by atoms with Gasteiger partial charge in [0, 0.05) is 26.3 Å². The molecule has 1 aliphatic rings. The molecule has 10 heteroatoms. The molecule has 0 radical (unpaired) electrons. The molecule has 0 spiro atoms. The maximum absolute atomic E-state index is 12.9. The molecule has 6 nitrogen and oxygen atoms in total. The number of nitrogens with zero attached hydrogens (tertiary/aromatic N) is 3. The van der Waals surface area contributed by atoms with Gasteiger partial charge in [0.2, 0.25) is 10.0 Å². The Kier molecular flexibility index (Phi) is 4.31. The van der Waals surface area contributed by atoms with E-state index in [2.05, 4.69) is 5.10 Å². The molecule has 1 N–H and O–H groups in total. The van der Waals surface area contributed by atoms with Gasteiger partial charge in [-0.1, -0.05) is 6.92 Å². The molecular formula is C12H18F3N3O3S. The lowest BCUT2D eigenvalue weighted by atomic mass is 9.90. The Morgan fingerprint density at radius 3 is 2.36 bits per heavy atom. The smallest absolute Gasteiger partial charge is 0.390 e. The molecule has 1 aromatic heterocycles. The van der Waals surface area contributed by atoms with E-state index in [0.717, 1.165) is 15.2 Å². The van der Waals surface area contributed by atoms with E-state index in [-0.39, 0.29) is 25.9 Å². The summed E-state index contributed by atoms with van der Waals surface area (Å²) in [5, 5.41) is 13.3. The summed E-state index contributed by atoms with van der Waals surface area (Å²) in [7, 11) is -3.06. The Balaban J connectivity index is 2.33. The van der Waals surface area contributed by atoms with Gasteiger partial charge in [-0.05, 0) is 19.3 Å². The van der Waals surface area contributed by atoms with E-state index >= 15 is 0 Å². The zero-order valence-corrected chi connectivity index (χ0v) is 13.1. The van der Waals surface area contributed by atoms with Crippen molar-refractivity contribution in [1.82, 2.24) is 14.1 Å². The van der Waals surface area contributed by atoms with Gasteiger partial charge in [0.05, 0.1) is 5.60 Å². The molecule has 1 saturated heterocycles. The topological polar surface area (TPSA) is 75.4 Å². The van der Waals surface area contributed by atoms with Crippen molar-refractivity contribution in [1.29, 1.82) is 0 Å². The van der Waals surface area contributed by atoms with Crippen molar-refractivity contribution in [3.05, 3.63) is 11.9 Å². The van der Waals surface area contributed by atoms with Crippen LogP contribution in [0.1, 0.15) is 31.9 Å². The molecule has 1 aliphatic heterocycles. The van der Waals surface area contributed by atoms with E-state index in [9.17, 15) is 26.7 Å². The number of sulfonamides is 1. The highest BCUT2D eigenvalue weighted by Crippen LogP contribution is 2.35. The number of aliphatic hydroxyl groups is 1. The average molecular weight is 341 g/mol. The van der Waals surface area contributed by atoms with Crippen LogP contribution in [-0.4, -0.2) is 46.3 Å². The Morgan fingerprint density at radius 1 is 1.36 bits per heavy atom. The molecule has 0 unspecified atom stereocenters. The molecule has 22 heavy (non-hydrogen) atoms. The van der Waals surface area contributed by atoms with Crippen LogP contribution < -0.4 is 0 Å². The predicted molar refractivity (Wildman–Crippen MR) is 71.4 cm³/mol. The predicted octanol–water partition coefficient (Wildman–Crippen LogP) is 1.36. The summed E-state index contributed by atoms with van der Waals surface area (Å²) in [6.45, 7) is 1.75. The second kappa shape index (κ2) is 5.50. The fraction of sp³-hybridized carbons (Fsp3) is 0.750.